The number of benzene rings is 1. The summed E-state index contributed by atoms with van der Waals surface area (Å²) >= 11 is 6.21. The van der Waals surface area contributed by atoms with E-state index in [4.69, 9.17) is 22.1 Å². The SMILES string of the molecule is CC1CCC(Oc2ccc(CN)cc2Cl)CC1C. The molecule has 1 aromatic rings. The fourth-order valence-electron chi connectivity index (χ4n) is 2.55. The molecule has 0 aliphatic heterocycles. The Morgan fingerprint density at radius 3 is 2.67 bits per heavy atom. The fourth-order valence-corrected chi connectivity index (χ4v) is 2.80. The smallest absolute Gasteiger partial charge is 0.138 e. The molecule has 0 radical (unpaired) electrons. The van der Waals surface area contributed by atoms with E-state index in [9.17, 15) is 0 Å². The molecule has 0 aromatic heterocycles. The Labute approximate surface area is 114 Å². The summed E-state index contributed by atoms with van der Waals surface area (Å²) in [5.74, 6) is 2.33. The van der Waals surface area contributed by atoms with E-state index in [1.165, 1.54) is 6.42 Å². The van der Waals surface area contributed by atoms with E-state index in [-0.39, 0.29) is 0 Å². The maximum absolute atomic E-state index is 6.21. The van der Waals surface area contributed by atoms with Crippen LogP contribution in [-0.4, -0.2) is 6.10 Å². The first-order valence-electron chi connectivity index (χ1n) is 6.75. The first kappa shape index (κ1) is 13.7. The second-order valence-electron chi connectivity index (χ2n) is 5.48. The van der Waals surface area contributed by atoms with Gasteiger partial charge in [-0.3, -0.25) is 0 Å². The number of hydrogen-bond acceptors (Lipinski definition) is 2. The maximum atomic E-state index is 6.21. The predicted molar refractivity (Wildman–Crippen MR) is 75.9 cm³/mol. The molecule has 18 heavy (non-hydrogen) atoms. The summed E-state index contributed by atoms with van der Waals surface area (Å²) in [6, 6.07) is 5.81. The molecule has 3 unspecified atom stereocenters. The van der Waals surface area contributed by atoms with Crippen LogP contribution in [0, 0.1) is 11.8 Å². The van der Waals surface area contributed by atoms with Gasteiger partial charge in [0.2, 0.25) is 0 Å². The molecule has 100 valence electrons. The van der Waals surface area contributed by atoms with Crippen molar-refractivity contribution in [3.8, 4) is 5.75 Å². The van der Waals surface area contributed by atoms with Gasteiger partial charge < -0.3 is 10.5 Å². The molecule has 1 aromatic carbocycles. The van der Waals surface area contributed by atoms with Gasteiger partial charge in [-0.25, -0.2) is 0 Å². The van der Waals surface area contributed by atoms with E-state index in [0.717, 1.165) is 36.0 Å². The molecule has 0 bridgehead atoms. The third kappa shape index (κ3) is 3.18. The normalized spacial score (nSPS) is 28.1. The zero-order chi connectivity index (χ0) is 13.1. The minimum absolute atomic E-state index is 0.303. The predicted octanol–water partition coefficient (Wildman–Crippen LogP) is 4.00. The molecule has 2 nitrogen and oxygen atoms in total. The van der Waals surface area contributed by atoms with Crippen molar-refractivity contribution in [2.75, 3.05) is 0 Å². The van der Waals surface area contributed by atoms with E-state index < -0.39 is 0 Å². The Morgan fingerprint density at radius 1 is 1.28 bits per heavy atom. The van der Waals surface area contributed by atoms with Crippen LogP contribution in [0.1, 0.15) is 38.7 Å². The van der Waals surface area contributed by atoms with Gasteiger partial charge >= 0.3 is 0 Å². The highest BCUT2D eigenvalue weighted by Crippen LogP contribution is 2.34. The molecule has 0 spiro atoms. The molecule has 3 atom stereocenters. The number of halogens is 1. The first-order chi connectivity index (χ1) is 8.60. The summed E-state index contributed by atoms with van der Waals surface area (Å²) in [5.41, 5.74) is 6.63. The first-order valence-corrected chi connectivity index (χ1v) is 7.13. The molecule has 3 heteroatoms. The van der Waals surface area contributed by atoms with Crippen LogP contribution >= 0.6 is 11.6 Å². The Morgan fingerprint density at radius 2 is 2.06 bits per heavy atom. The average Bonchev–Trinajstić information content (AvgIpc) is 2.36. The monoisotopic (exact) mass is 267 g/mol. The fraction of sp³-hybridized carbons (Fsp3) is 0.600. The van der Waals surface area contributed by atoms with Crippen molar-refractivity contribution in [3.05, 3.63) is 28.8 Å². The zero-order valence-corrected chi connectivity index (χ0v) is 11.9. The molecule has 1 fully saturated rings. The number of nitrogens with two attached hydrogens (primary N) is 1. The molecule has 0 heterocycles. The van der Waals surface area contributed by atoms with Gasteiger partial charge in [0.05, 0.1) is 11.1 Å². The highest BCUT2D eigenvalue weighted by molar-refractivity contribution is 6.32. The van der Waals surface area contributed by atoms with Crippen LogP contribution in [0.4, 0.5) is 0 Å². The van der Waals surface area contributed by atoms with Crippen LogP contribution in [0.15, 0.2) is 18.2 Å². The maximum Gasteiger partial charge on any atom is 0.138 e. The quantitative estimate of drug-likeness (QED) is 0.898. The lowest BCUT2D eigenvalue weighted by molar-refractivity contribution is 0.101. The lowest BCUT2D eigenvalue weighted by Crippen LogP contribution is -2.28. The van der Waals surface area contributed by atoms with E-state index >= 15 is 0 Å². The number of rotatable bonds is 3. The van der Waals surface area contributed by atoms with Crippen molar-refractivity contribution in [1.82, 2.24) is 0 Å². The molecule has 2 N–H and O–H groups in total. The molecule has 0 saturated heterocycles. The van der Waals surface area contributed by atoms with Gasteiger partial charge in [-0.05, 0) is 48.8 Å². The highest BCUT2D eigenvalue weighted by atomic mass is 35.5. The van der Waals surface area contributed by atoms with Crippen LogP contribution in [0.5, 0.6) is 5.75 Å². The summed E-state index contributed by atoms with van der Waals surface area (Å²) in [5, 5.41) is 0.671. The van der Waals surface area contributed by atoms with Crippen LogP contribution in [-0.2, 0) is 6.54 Å². The standard InChI is InChI=1S/C15H22ClNO/c1-10-3-5-13(7-11(10)2)18-15-6-4-12(9-17)8-14(15)16/h4,6,8,10-11,13H,3,5,7,9,17H2,1-2H3. The summed E-state index contributed by atoms with van der Waals surface area (Å²) in [4.78, 5) is 0. The van der Waals surface area contributed by atoms with Gasteiger partial charge in [0.25, 0.3) is 0 Å². The van der Waals surface area contributed by atoms with Gasteiger partial charge in [0.1, 0.15) is 5.75 Å². The highest BCUT2D eigenvalue weighted by Gasteiger charge is 2.26. The van der Waals surface area contributed by atoms with Gasteiger partial charge in [-0.15, -0.1) is 0 Å². The lowest BCUT2D eigenvalue weighted by Gasteiger charge is -2.32. The zero-order valence-electron chi connectivity index (χ0n) is 11.2. The Hall–Kier alpha value is -0.730. The van der Waals surface area contributed by atoms with Gasteiger partial charge in [0, 0.05) is 6.54 Å². The van der Waals surface area contributed by atoms with Crippen molar-refractivity contribution < 1.29 is 4.74 Å². The molecule has 1 aliphatic rings. The van der Waals surface area contributed by atoms with Crippen molar-refractivity contribution in [2.45, 2.75) is 45.8 Å². The molecular formula is C15H22ClNO. The van der Waals surface area contributed by atoms with E-state index in [1.54, 1.807) is 0 Å². The molecule has 1 aliphatic carbocycles. The lowest BCUT2D eigenvalue weighted by atomic mass is 9.80. The average molecular weight is 268 g/mol. The van der Waals surface area contributed by atoms with Gasteiger partial charge in [-0.1, -0.05) is 31.5 Å². The van der Waals surface area contributed by atoms with E-state index in [1.807, 2.05) is 18.2 Å². The Bertz CT molecular complexity index is 407. The molecule has 1 saturated carbocycles. The van der Waals surface area contributed by atoms with Crippen molar-refractivity contribution in [1.29, 1.82) is 0 Å². The molecular weight excluding hydrogens is 246 g/mol. The minimum atomic E-state index is 0.303. The Kier molecular flexibility index (Phi) is 4.52. The van der Waals surface area contributed by atoms with Crippen LogP contribution in [0.25, 0.3) is 0 Å². The van der Waals surface area contributed by atoms with Crippen LogP contribution in [0.3, 0.4) is 0 Å². The second kappa shape index (κ2) is 5.94. The van der Waals surface area contributed by atoms with Crippen LogP contribution in [0.2, 0.25) is 5.02 Å². The van der Waals surface area contributed by atoms with E-state index in [2.05, 4.69) is 13.8 Å². The number of ether oxygens (including phenoxy) is 1. The molecule has 0 amide bonds. The number of hydrogen-bond donors (Lipinski definition) is 1. The summed E-state index contributed by atoms with van der Waals surface area (Å²) in [6.45, 7) is 5.14. The third-order valence-corrected chi connectivity index (χ3v) is 4.37. The second-order valence-corrected chi connectivity index (χ2v) is 5.88. The van der Waals surface area contributed by atoms with Crippen molar-refractivity contribution in [3.63, 3.8) is 0 Å². The topological polar surface area (TPSA) is 35.2 Å². The third-order valence-electron chi connectivity index (χ3n) is 4.08. The Balaban J connectivity index is 2.01. The van der Waals surface area contributed by atoms with Crippen molar-refractivity contribution >= 4 is 11.6 Å². The van der Waals surface area contributed by atoms with Gasteiger partial charge in [0.15, 0.2) is 0 Å². The van der Waals surface area contributed by atoms with E-state index in [0.29, 0.717) is 17.7 Å². The van der Waals surface area contributed by atoms with Gasteiger partial charge in [-0.2, -0.15) is 0 Å². The summed E-state index contributed by atoms with van der Waals surface area (Å²) < 4.78 is 6.03. The molecule has 2 rings (SSSR count). The van der Waals surface area contributed by atoms with Crippen molar-refractivity contribution in [2.24, 2.45) is 17.6 Å². The largest absolute Gasteiger partial charge is 0.489 e. The van der Waals surface area contributed by atoms with Crippen LogP contribution < -0.4 is 10.5 Å². The summed E-state index contributed by atoms with van der Waals surface area (Å²) in [6.07, 6.45) is 3.79. The summed E-state index contributed by atoms with van der Waals surface area (Å²) in [7, 11) is 0. The minimum Gasteiger partial charge on any atom is -0.489 e.